The number of aromatic hydroxyl groups is 1. The maximum absolute atomic E-state index is 12.0. The molecule has 2 heterocycles. The SMILES string of the molecule is CC[C@H](O)C(=O)NC1CCN(c2nc(-c3ccccc3O)nc3ccccc23)CC1.[HH].[HH]. The van der Waals surface area contributed by atoms with E-state index >= 15 is 0 Å². The predicted octanol–water partition coefficient (Wildman–Crippen LogP) is 3.35. The lowest BCUT2D eigenvalue weighted by Gasteiger charge is -2.34. The van der Waals surface area contributed by atoms with Crippen molar-refractivity contribution in [1.29, 1.82) is 0 Å². The van der Waals surface area contributed by atoms with E-state index in [9.17, 15) is 15.0 Å². The second kappa shape index (κ2) is 8.67. The number of aliphatic hydroxyl groups excluding tert-OH is 1. The monoisotopic (exact) mass is 410 g/mol. The lowest BCUT2D eigenvalue weighted by molar-refractivity contribution is -0.130. The Kier molecular flexibility index (Phi) is 5.81. The number of amides is 1. The molecule has 3 N–H and O–H groups in total. The van der Waals surface area contributed by atoms with Crippen LogP contribution in [0.3, 0.4) is 0 Å². The maximum Gasteiger partial charge on any atom is 0.249 e. The minimum atomic E-state index is -0.949. The Balaban J connectivity index is 0.00000181. The van der Waals surface area contributed by atoms with Gasteiger partial charge in [0.15, 0.2) is 5.82 Å². The van der Waals surface area contributed by atoms with Crippen LogP contribution < -0.4 is 10.2 Å². The summed E-state index contributed by atoms with van der Waals surface area (Å²) in [6, 6.07) is 15.0. The van der Waals surface area contributed by atoms with E-state index in [0.717, 1.165) is 42.7 Å². The number of phenolic OH excluding ortho intramolecular Hbond substituents is 1. The zero-order chi connectivity index (χ0) is 21.1. The van der Waals surface area contributed by atoms with Gasteiger partial charge in [-0.3, -0.25) is 4.79 Å². The minimum absolute atomic E-state index is 0. The van der Waals surface area contributed by atoms with Gasteiger partial charge in [-0.15, -0.1) is 0 Å². The molecule has 30 heavy (non-hydrogen) atoms. The Morgan fingerprint density at radius 3 is 2.60 bits per heavy atom. The Bertz CT molecular complexity index is 1060. The van der Waals surface area contributed by atoms with Gasteiger partial charge in [0.1, 0.15) is 17.7 Å². The first-order valence-corrected chi connectivity index (χ1v) is 10.4. The fourth-order valence-electron chi connectivity index (χ4n) is 3.80. The number of rotatable bonds is 5. The summed E-state index contributed by atoms with van der Waals surface area (Å²) >= 11 is 0. The smallest absolute Gasteiger partial charge is 0.249 e. The maximum atomic E-state index is 12.0. The van der Waals surface area contributed by atoms with Crippen LogP contribution >= 0.6 is 0 Å². The van der Waals surface area contributed by atoms with Crippen LogP contribution in [0.15, 0.2) is 48.5 Å². The Morgan fingerprint density at radius 1 is 1.17 bits per heavy atom. The third-order valence-corrected chi connectivity index (χ3v) is 5.56. The zero-order valence-corrected chi connectivity index (χ0v) is 17.0. The molecular weight excluding hydrogens is 380 g/mol. The largest absolute Gasteiger partial charge is 0.507 e. The molecule has 1 fully saturated rings. The average Bonchev–Trinajstić information content (AvgIpc) is 2.78. The van der Waals surface area contributed by atoms with Crippen molar-refractivity contribution in [2.75, 3.05) is 18.0 Å². The number of benzene rings is 2. The van der Waals surface area contributed by atoms with Crippen molar-refractivity contribution in [2.45, 2.75) is 38.3 Å². The zero-order valence-electron chi connectivity index (χ0n) is 17.0. The summed E-state index contributed by atoms with van der Waals surface area (Å²) in [7, 11) is 0. The van der Waals surface area contributed by atoms with Crippen LogP contribution in [0.4, 0.5) is 5.82 Å². The molecule has 160 valence electrons. The summed E-state index contributed by atoms with van der Waals surface area (Å²) < 4.78 is 0. The first-order chi connectivity index (χ1) is 14.6. The van der Waals surface area contributed by atoms with Crippen LogP contribution in [0.25, 0.3) is 22.3 Å². The van der Waals surface area contributed by atoms with Gasteiger partial charge in [0.25, 0.3) is 0 Å². The summed E-state index contributed by atoms with van der Waals surface area (Å²) in [5.41, 5.74) is 1.42. The highest BCUT2D eigenvalue weighted by Crippen LogP contribution is 2.32. The molecule has 1 saturated heterocycles. The number of carbonyl (C=O) groups excluding carboxylic acids is 1. The molecule has 1 amide bonds. The third-order valence-electron chi connectivity index (χ3n) is 5.56. The molecule has 2 aromatic carbocycles. The summed E-state index contributed by atoms with van der Waals surface area (Å²) in [5, 5.41) is 23.9. The number of piperidine rings is 1. The van der Waals surface area contributed by atoms with E-state index < -0.39 is 6.10 Å². The molecule has 0 spiro atoms. The molecule has 0 saturated carbocycles. The van der Waals surface area contributed by atoms with Crippen molar-refractivity contribution in [3.05, 3.63) is 48.5 Å². The molecule has 0 unspecified atom stereocenters. The van der Waals surface area contributed by atoms with Gasteiger partial charge >= 0.3 is 0 Å². The second-order valence-corrected chi connectivity index (χ2v) is 7.60. The molecule has 0 aliphatic carbocycles. The molecule has 0 radical (unpaired) electrons. The molecular formula is C23H30N4O3. The van der Waals surface area contributed by atoms with Gasteiger partial charge in [-0.25, -0.2) is 9.97 Å². The molecule has 1 aromatic heterocycles. The van der Waals surface area contributed by atoms with Crippen molar-refractivity contribution in [2.24, 2.45) is 0 Å². The summed E-state index contributed by atoms with van der Waals surface area (Å²) in [4.78, 5) is 23.7. The summed E-state index contributed by atoms with van der Waals surface area (Å²) in [6.45, 7) is 3.25. The Morgan fingerprint density at radius 2 is 1.87 bits per heavy atom. The number of aliphatic hydroxyl groups is 1. The number of anilines is 1. The number of nitrogens with zero attached hydrogens (tertiary/aromatic N) is 3. The number of aromatic nitrogens is 2. The van der Waals surface area contributed by atoms with Gasteiger partial charge in [0.2, 0.25) is 5.91 Å². The predicted molar refractivity (Wildman–Crippen MR) is 121 cm³/mol. The fourth-order valence-corrected chi connectivity index (χ4v) is 3.80. The van der Waals surface area contributed by atoms with E-state index in [1.54, 1.807) is 19.1 Å². The molecule has 1 atom stereocenters. The van der Waals surface area contributed by atoms with Crippen molar-refractivity contribution in [3.63, 3.8) is 0 Å². The van der Waals surface area contributed by atoms with Crippen LogP contribution in [0.5, 0.6) is 5.75 Å². The number of phenols is 1. The standard InChI is InChI=1S/C23H26N4O3.2H2/c1-2-19(28)23(30)24-15-11-13-27(14-12-15)22-16-7-3-5-9-18(16)25-21(26-22)17-8-4-6-10-20(17)29;;/h3-10,15,19,28-29H,2,11-14H2,1H3,(H,24,30);2*1H/t19-;;/m0../s1. The minimum Gasteiger partial charge on any atom is -0.507 e. The number of hydrogen-bond acceptors (Lipinski definition) is 6. The highest BCUT2D eigenvalue weighted by Gasteiger charge is 2.25. The number of para-hydroxylation sites is 2. The lowest BCUT2D eigenvalue weighted by atomic mass is 10.0. The first kappa shape index (κ1) is 20.1. The molecule has 1 aliphatic rings. The van der Waals surface area contributed by atoms with E-state index in [1.807, 2.05) is 36.4 Å². The molecule has 3 aromatic rings. The second-order valence-electron chi connectivity index (χ2n) is 7.60. The van der Waals surface area contributed by atoms with Crippen molar-refractivity contribution < 1.29 is 17.9 Å². The molecule has 7 nitrogen and oxygen atoms in total. The van der Waals surface area contributed by atoms with Gasteiger partial charge in [-0.05, 0) is 43.5 Å². The molecule has 4 rings (SSSR count). The Labute approximate surface area is 178 Å². The fraction of sp³-hybridized carbons (Fsp3) is 0.348. The van der Waals surface area contributed by atoms with Crippen LogP contribution in [0, 0.1) is 0 Å². The van der Waals surface area contributed by atoms with Gasteiger partial charge in [0.05, 0.1) is 11.1 Å². The average molecular weight is 411 g/mol. The van der Waals surface area contributed by atoms with Gasteiger partial charge < -0.3 is 20.4 Å². The van der Waals surface area contributed by atoms with E-state index in [4.69, 9.17) is 4.98 Å². The van der Waals surface area contributed by atoms with Crippen molar-refractivity contribution >= 4 is 22.6 Å². The lowest BCUT2D eigenvalue weighted by Crippen LogP contribution is -2.47. The number of carbonyl (C=O) groups is 1. The van der Waals surface area contributed by atoms with Crippen molar-refractivity contribution in [3.8, 4) is 17.1 Å². The third kappa shape index (κ3) is 4.07. The topological polar surface area (TPSA) is 98.6 Å². The van der Waals surface area contributed by atoms with Crippen molar-refractivity contribution in [1.82, 2.24) is 15.3 Å². The Hall–Kier alpha value is -3.19. The van der Waals surface area contributed by atoms with Gasteiger partial charge in [0, 0.05) is 27.4 Å². The van der Waals surface area contributed by atoms with Crippen LogP contribution in [-0.4, -0.2) is 51.3 Å². The highest BCUT2D eigenvalue weighted by atomic mass is 16.3. The van der Waals surface area contributed by atoms with Crippen LogP contribution in [-0.2, 0) is 4.79 Å². The van der Waals surface area contributed by atoms with E-state index in [2.05, 4.69) is 15.2 Å². The van der Waals surface area contributed by atoms with Gasteiger partial charge in [-0.1, -0.05) is 31.2 Å². The van der Waals surface area contributed by atoms with Crippen LogP contribution in [0.2, 0.25) is 0 Å². The van der Waals surface area contributed by atoms with Crippen LogP contribution in [0.1, 0.15) is 29.0 Å². The number of nitrogens with one attached hydrogen (secondary N) is 1. The van der Waals surface area contributed by atoms with E-state index in [-0.39, 0.29) is 20.6 Å². The summed E-state index contributed by atoms with van der Waals surface area (Å²) in [6.07, 6.45) is 1.00. The molecule has 0 bridgehead atoms. The van der Waals surface area contributed by atoms with Gasteiger partial charge in [-0.2, -0.15) is 0 Å². The highest BCUT2D eigenvalue weighted by molar-refractivity contribution is 5.91. The molecule has 7 heteroatoms. The first-order valence-electron chi connectivity index (χ1n) is 10.4. The number of hydrogen-bond donors (Lipinski definition) is 3. The number of fused-ring (bicyclic) bond motifs is 1. The molecule has 1 aliphatic heterocycles. The summed E-state index contributed by atoms with van der Waals surface area (Å²) in [5.74, 6) is 1.17. The van der Waals surface area contributed by atoms with E-state index in [0.29, 0.717) is 17.8 Å². The van der Waals surface area contributed by atoms with E-state index in [1.165, 1.54) is 0 Å². The quantitative estimate of drug-likeness (QED) is 0.597. The normalized spacial score (nSPS) is 15.9.